The number of aryl methyl sites for hydroxylation is 1. The smallest absolute Gasteiger partial charge is 0.175 e. The van der Waals surface area contributed by atoms with Gasteiger partial charge in [0.1, 0.15) is 5.82 Å². The molecule has 2 heterocycles. The molecule has 6 heteroatoms. The van der Waals surface area contributed by atoms with Gasteiger partial charge in [0, 0.05) is 25.3 Å². The number of sulfone groups is 1. The third-order valence-electron chi connectivity index (χ3n) is 4.30. The number of aromatic nitrogens is 2. The topological polar surface area (TPSA) is 64.0 Å². The quantitative estimate of drug-likeness (QED) is 0.919. The van der Waals surface area contributed by atoms with Crippen molar-refractivity contribution in [3.63, 3.8) is 0 Å². The lowest BCUT2D eigenvalue weighted by atomic mass is 9.92. The zero-order valence-electron chi connectivity index (χ0n) is 12.6. The molecular formula is C15H21N3O2S. The molecule has 21 heavy (non-hydrogen) atoms. The van der Waals surface area contributed by atoms with E-state index in [1.165, 1.54) is 6.26 Å². The fourth-order valence-corrected chi connectivity index (χ4v) is 3.80. The first-order valence-electron chi connectivity index (χ1n) is 7.26. The molecule has 114 valence electrons. The number of benzene rings is 1. The number of imidazole rings is 1. The Labute approximate surface area is 125 Å². The zero-order chi connectivity index (χ0) is 15.2. The molecule has 0 saturated carbocycles. The van der Waals surface area contributed by atoms with Gasteiger partial charge in [0.2, 0.25) is 0 Å². The molecule has 1 aliphatic rings. The molecule has 0 radical (unpaired) electrons. The van der Waals surface area contributed by atoms with Crippen LogP contribution >= 0.6 is 0 Å². The largest absolute Gasteiger partial charge is 0.331 e. The number of nitrogens with one attached hydrogen (secondary N) is 1. The van der Waals surface area contributed by atoms with E-state index in [4.69, 9.17) is 4.98 Å². The van der Waals surface area contributed by atoms with Gasteiger partial charge in [-0.3, -0.25) is 0 Å². The highest BCUT2D eigenvalue weighted by atomic mass is 32.2. The van der Waals surface area contributed by atoms with Gasteiger partial charge in [0.05, 0.1) is 15.9 Å². The van der Waals surface area contributed by atoms with Crippen molar-refractivity contribution >= 4 is 20.9 Å². The van der Waals surface area contributed by atoms with E-state index in [0.717, 1.165) is 36.2 Å². The van der Waals surface area contributed by atoms with Crippen LogP contribution in [-0.4, -0.2) is 36.8 Å². The van der Waals surface area contributed by atoms with Crippen molar-refractivity contribution in [2.24, 2.45) is 7.05 Å². The number of piperidine rings is 1. The first kappa shape index (κ1) is 14.5. The van der Waals surface area contributed by atoms with E-state index in [2.05, 4.69) is 16.8 Å². The average Bonchev–Trinajstić information content (AvgIpc) is 2.75. The molecular weight excluding hydrogens is 286 g/mol. The summed E-state index contributed by atoms with van der Waals surface area (Å²) < 4.78 is 25.4. The number of rotatable bonds is 2. The van der Waals surface area contributed by atoms with Crippen LogP contribution in [0.4, 0.5) is 0 Å². The minimum atomic E-state index is -3.19. The molecule has 0 aliphatic carbocycles. The van der Waals surface area contributed by atoms with Crippen molar-refractivity contribution in [2.45, 2.75) is 36.6 Å². The maximum absolute atomic E-state index is 11.7. The highest BCUT2D eigenvalue weighted by molar-refractivity contribution is 7.90. The number of fused-ring (bicyclic) bond motifs is 1. The lowest BCUT2D eigenvalue weighted by Crippen LogP contribution is -2.35. The fourth-order valence-electron chi connectivity index (χ4n) is 3.16. The maximum Gasteiger partial charge on any atom is 0.175 e. The minimum absolute atomic E-state index is 0.332. The Hall–Kier alpha value is -1.40. The van der Waals surface area contributed by atoms with E-state index in [1.54, 1.807) is 12.1 Å². The van der Waals surface area contributed by atoms with Crippen LogP contribution in [0.1, 0.15) is 31.5 Å². The summed E-state index contributed by atoms with van der Waals surface area (Å²) in [4.78, 5) is 5.05. The van der Waals surface area contributed by atoms with Gasteiger partial charge in [-0.15, -0.1) is 0 Å². The Kier molecular flexibility index (Phi) is 3.53. The van der Waals surface area contributed by atoms with Crippen LogP contribution in [0.5, 0.6) is 0 Å². The predicted octanol–water partition coefficient (Wildman–Crippen LogP) is 1.83. The Morgan fingerprint density at radius 1 is 1.38 bits per heavy atom. The first-order valence-corrected chi connectivity index (χ1v) is 9.15. The molecule has 2 atom stereocenters. The highest BCUT2D eigenvalue weighted by Crippen LogP contribution is 2.30. The van der Waals surface area contributed by atoms with E-state index in [1.807, 2.05) is 13.1 Å². The van der Waals surface area contributed by atoms with Gasteiger partial charge in [0.25, 0.3) is 0 Å². The summed E-state index contributed by atoms with van der Waals surface area (Å²) in [6.07, 6.45) is 3.36. The van der Waals surface area contributed by atoms with Crippen molar-refractivity contribution in [1.29, 1.82) is 0 Å². The molecule has 2 unspecified atom stereocenters. The van der Waals surface area contributed by atoms with Gasteiger partial charge < -0.3 is 9.88 Å². The van der Waals surface area contributed by atoms with Gasteiger partial charge >= 0.3 is 0 Å². The molecule has 2 aromatic rings. The molecule has 1 aromatic carbocycles. The number of nitrogens with zero attached hydrogens (tertiary/aromatic N) is 2. The van der Waals surface area contributed by atoms with Crippen molar-refractivity contribution in [3.8, 4) is 0 Å². The lowest BCUT2D eigenvalue weighted by Gasteiger charge is -2.27. The van der Waals surface area contributed by atoms with Crippen LogP contribution in [0, 0.1) is 0 Å². The van der Waals surface area contributed by atoms with Gasteiger partial charge in [-0.25, -0.2) is 13.4 Å². The standard InChI is InChI=1S/C15H21N3O2S/c1-10-8-11(6-7-16-10)15-17-13-9-12(21(3,19)20)4-5-14(13)18(15)2/h4-5,9-11,16H,6-8H2,1-3H3. The SMILES string of the molecule is CC1CC(c2nc3cc(S(C)(=O)=O)ccc3n2C)CCN1. The van der Waals surface area contributed by atoms with Crippen LogP contribution in [0.3, 0.4) is 0 Å². The third kappa shape index (κ3) is 2.70. The summed E-state index contributed by atoms with van der Waals surface area (Å²) in [5.74, 6) is 1.49. The monoisotopic (exact) mass is 307 g/mol. The van der Waals surface area contributed by atoms with E-state index in [0.29, 0.717) is 16.9 Å². The molecule has 3 rings (SSSR count). The summed E-state index contributed by atoms with van der Waals surface area (Å²) in [6, 6.07) is 5.69. The number of hydrogen-bond donors (Lipinski definition) is 1. The summed E-state index contributed by atoms with van der Waals surface area (Å²) in [6.45, 7) is 3.19. The Morgan fingerprint density at radius 2 is 2.14 bits per heavy atom. The zero-order valence-corrected chi connectivity index (χ0v) is 13.4. The molecule has 1 aromatic heterocycles. The summed E-state index contributed by atoms with van der Waals surface area (Å²) >= 11 is 0. The van der Waals surface area contributed by atoms with Crippen molar-refractivity contribution in [1.82, 2.24) is 14.9 Å². The van der Waals surface area contributed by atoms with E-state index < -0.39 is 9.84 Å². The van der Waals surface area contributed by atoms with E-state index in [-0.39, 0.29) is 0 Å². The lowest BCUT2D eigenvalue weighted by molar-refractivity contribution is 0.367. The van der Waals surface area contributed by atoms with Crippen molar-refractivity contribution < 1.29 is 8.42 Å². The Balaban J connectivity index is 2.07. The fraction of sp³-hybridized carbons (Fsp3) is 0.533. The maximum atomic E-state index is 11.7. The second-order valence-corrected chi connectivity index (χ2v) is 8.04. The van der Waals surface area contributed by atoms with Crippen LogP contribution in [0.15, 0.2) is 23.1 Å². The summed E-state index contributed by atoms with van der Waals surface area (Å²) in [7, 11) is -1.18. The second kappa shape index (κ2) is 5.10. The summed E-state index contributed by atoms with van der Waals surface area (Å²) in [5.41, 5.74) is 1.75. The van der Waals surface area contributed by atoms with Crippen LogP contribution < -0.4 is 5.32 Å². The van der Waals surface area contributed by atoms with Crippen LogP contribution in [0.2, 0.25) is 0 Å². The Bertz CT molecular complexity index is 780. The van der Waals surface area contributed by atoms with Crippen LogP contribution in [0.25, 0.3) is 11.0 Å². The average molecular weight is 307 g/mol. The van der Waals surface area contributed by atoms with Gasteiger partial charge in [-0.05, 0) is 44.5 Å². The minimum Gasteiger partial charge on any atom is -0.331 e. The van der Waals surface area contributed by atoms with Crippen molar-refractivity contribution in [3.05, 3.63) is 24.0 Å². The van der Waals surface area contributed by atoms with Crippen LogP contribution in [-0.2, 0) is 16.9 Å². The first-order chi connectivity index (χ1) is 9.86. The molecule has 5 nitrogen and oxygen atoms in total. The number of hydrogen-bond acceptors (Lipinski definition) is 4. The second-order valence-electron chi connectivity index (χ2n) is 6.03. The molecule has 1 saturated heterocycles. The van der Waals surface area contributed by atoms with E-state index in [9.17, 15) is 8.42 Å². The van der Waals surface area contributed by atoms with Gasteiger partial charge in [-0.2, -0.15) is 0 Å². The molecule has 0 spiro atoms. The Morgan fingerprint density at radius 3 is 2.81 bits per heavy atom. The third-order valence-corrected chi connectivity index (χ3v) is 5.41. The van der Waals surface area contributed by atoms with E-state index >= 15 is 0 Å². The molecule has 0 amide bonds. The molecule has 1 fully saturated rings. The summed E-state index contributed by atoms with van der Waals surface area (Å²) in [5, 5.41) is 3.45. The normalized spacial score (nSPS) is 23.6. The van der Waals surface area contributed by atoms with Crippen molar-refractivity contribution in [2.75, 3.05) is 12.8 Å². The van der Waals surface area contributed by atoms with Gasteiger partial charge in [0.15, 0.2) is 9.84 Å². The highest BCUT2D eigenvalue weighted by Gasteiger charge is 2.24. The molecule has 1 N–H and O–H groups in total. The van der Waals surface area contributed by atoms with Gasteiger partial charge in [-0.1, -0.05) is 0 Å². The molecule has 1 aliphatic heterocycles. The molecule has 0 bridgehead atoms. The predicted molar refractivity (Wildman–Crippen MR) is 83.3 cm³/mol.